The molecular weight excluding hydrogens is 230 g/mol. The van der Waals surface area contributed by atoms with Crippen molar-refractivity contribution in [1.82, 2.24) is 0 Å². The van der Waals surface area contributed by atoms with Gasteiger partial charge in [-0.05, 0) is 30.0 Å². The van der Waals surface area contributed by atoms with Crippen molar-refractivity contribution < 1.29 is 4.74 Å². The molecule has 0 aliphatic heterocycles. The predicted molar refractivity (Wildman–Crippen MR) is 76.6 cm³/mol. The minimum absolute atomic E-state index is 0.144. The van der Waals surface area contributed by atoms with E-state index in [1.165, 1.54) is 11.1 Å². The molecule has 3 heteroatoms. The average Bonchev–Trinajstić information content (AvgIpc) is 2.28. The Balaban J connectivity index is 2.97. The Morgan fingerprint density at radius 2 is 2.06 bits per heavy atom. The Labute approximate surface area is 109 Å². The van der Waals surface area contributed by atoms with Crippen LogP contribution in [0.1, 0.15) is 31.9 Å². The van der Waals surface area contributed by atoms with Crippen molar-refractivity contribution in [2.45, 2.75) is 33.6 Å². The van der Waals surface area contributed by atoms with Gasteiger partial charge in [0.1, 0.15) is 5.75 Å². The van der Waals surface area contributed by atoms with Crippen LogP contribution in [0.3, 0.4) is 0 Å². The van der Waals surface area contributed by atoms with Crippen LogP contribution in [0.5, 0.6) is 5.75 Å². The van der Waals surface area contributed by atoms with Crippen molar-refractivity contribution in [3.05, 3.63) is 29.3 Å². The van der Waals surface area contributed by atoms with Crippen LogP contribution in [-0.2, 0) is 12.8 Å². The lowest BCUT2D eigenvalue weighted by atomic mass is 9.85. The number of thiocarbonyl (C=S) groups is 1. The van der Waals surface area contributed by atoms with E-state index in [4.69, 9.17) is 22.7 Å². The SMILES string of the molecule is CCc1cc(CC(C)(C)C(N)=S)ccc1OC. The lowest BCUT2D eigenvalue weighted by Crippen LogP contribution is -2.31. The van der Waals surface area contributed by atoms with Crippen LogP contribution in [0.4, 0.5) is 0 Å². The molecule has 0 saturated carbocycles. The summed E-state index contributed by atoms with van der Waals surface area (Å²) < 4.78 is 5.32. The Morgan fingerprint density at radius 3 is 2.53 bits per heavy atom. The zero-order chi connectivity index (χ0) is 13.1. The molecule has 0 atom stereocenters. The molecule has 0 amide bonds. The second-order valence-electron chi connectivity index (χ2n) is 4.92. The molecule has 0 fully saturated rings. The Kier molecular flexibility index (Phi) is 4.52. The van der Waals surface area contributed by atoms with E-state index in [-0.39, 0.29) is 5.41 Å². The van der Waals surface area contributed by atoms with Crippen molar-refractivity contribution in [3.8, 4) is 5.75 Å². The van der Waals surface area contributed by atoms with Crippen LogP contribution >= 0.6 is 12.2 Å². The fourth-order valence-corrected chi connectivity index (χ4v) is 1.89. The van der Waals surface area contributed by atoms with Gasteiger partial charge in [-0.15, -0.1) is 0 Å². The summed E-state index contributed by atoms with van der Waals surface area (Å²) in [4.78, 5) is 0.561. The highest BCUT2D eigenvalue weighted by atomic mass is 32.1. The first-order chi connectivity index (χ1) is 7.90. The number of benzene rings is 1. The van der Waals surface area contributed by atoms with Gasteiger partial charge in [-0.3, -0.25) is 0 Å². The quantitative estimate of drug-likeness (QED) is 0.817. The van der Waals surface area contributed by atoms with Crippen LogP contribution in [0.2, 0.25) is 0 Å². The Morgan fingerprint density at radius 1 is 1.41 bits per heavy atom. The standard InChI is InChI=1S/C14H21NOS/c1-5-11-8-10(6-7-12(11)16-4)9-14(2,3)13(15)17/h6-8H,5,9H2,1-4H3,(H2,15,17). The number of nitrogens with two attached hydrogens (primary N) is 1. The van der Waals surface area contributed by atoms with Crippen LogP contribution in [0, 0.1) is 5.41 Å². The van der Waals surface area contributed by atoms with E-state index in [0.717, 1.165) is 18.6 Å². The van der Waals surface area contributed by atoms with Crippen molar-refractivity contribution in [1.29, 1.82) is 0 Å². The molecule has 94 valence electrons. The summed E-state index contributed by atoms with van der Waals surface area (Å²) in [6.45, 7) is 6.27. The van der Waals surface area contributed by atoms with Gasteiger partial charge in [0.25, 0.3) is 0 Å². The first-order valence-electron chi connectivity index (χ1n) is 5.86. The van der Waals surface area contributed by atoms with E-state index in [2.05, 4.69) is 32.9 Å². The molecule has 0 heterocycles. The van der Waals surface area contributed by atoms with Crippen molar-refractivity contribution >= 4 is 17.2 Å². The Bertz CT molecular complexity index is 413. The largest absolute Gasteiger partial charge is 0.496 e. The molecule has 17 heavy (non-hydrogen) atoms. The summed E-state index contributed by atoms with van der Waals surface area (Å²) in [6.07, 6.45) is 1.82. The number of hydrogen-bond donors (Lipinski definition) is 1. The van der Waals surface area contributed by atoms with Crippen LogP contribution in [-0.4, -0.2) is 12.1 Å². The molecule has 2 N–H and O–H groups in total. The molecule has 0 saturated heterocycles. The van der Waals surface area contributed by atoms with E-state index >= 15 is 0 Å². The fourth-order valence-electron chi connectivity index (χ4n) is 1.82. The molecule has 0 aliphatic rings. The van der Waals surface area contributed by atoms with Gasteiger partial charge in [-0.2, -0.15) is 0 Å². The van der Waals surface area contributed by atoms with E-state index in [9.17, 15) is 0 Å². The molecule has 0 spiro atoms. The topological polar surface area (TPSA) is 35.2 Å². The van der Waals surface area contributed by atoms with E-state index < -0.39 is 0 Å². The number of hydrogen-bond acceptors (Lipinski definition) is 2. The molecule has 0 aromatic heterocycles. The molecule has 0 radical (unpaired) electrons. The van der Waals surface area contributed by atoms with Gasteiger partial charge in [-0.25, -0.2) is 0 Å². The first kappa shape index (κ1) is 14.0. The van der Waals surface area contributed by atoms with E-state index in [0.29, 0.717) is 4.99 Å². The third-order valence-electron chi connectivity index (χ3n) is 3.04. The van der Waals surface area contributed by atoms with Crippen molar-refractivity contribution in [3.63, 3.8) is 0 Å². The number of aryl methyl sites for hydroxylation is 1. The summed E-state index contributed by atoms with van der Waals surface area (Å²) in [7, 11) is 1.70. The maximum atomic E-state index is 5.75. The highest BCUT2D eigenvalue weighted by Gasteiger charge is 2.22. The predicted octanol–water partition coefficient (Wildman–Crippen LogP) is 3.11. The molecule has 2 nitrogen and oxygen atoms in total. The van der Waals surface area contributed by atoms with Gasteiger partial charge in [0.15, 0.2) is 0 Å². The smallest absolute Gasteiger partial charge is 0.122 e. The van der Waals surface area contributed by atoms with Crippen LogP contribution in [0.15, 0.2) is 18.2 Å². The zero-order valence-electron chi connectivity index (χ0n) is 11.0. The van der Waals surface area contributed by atoms with Gasteiger partial charge < -0.3 is 10.5 Å². The van der Waals surface area contributed by atoms with Crippen molar-refractivity contribution in [2.75, 3.05) is 7.11 Å². The highest BCUT2D eigenvalue weighted by Crippen LogP contribution is 2.26. The number of methoxy groups -OCH3 is 1. The molecular formula is C14H21NOS. The second kappa shape index (κ2) is 5.50. The minimum Gasteiger partial charge on any atom is -0.496 e. The maximum absolute atomic E-state index is 5.75. The lowest BCUT2D eigenvalue weighted by Gasteiger charge is -2.23. The molecule has 1 aromatic carbocycles. The average molecular weight is 251 g/mol. The fraction of sp³-hybridized carbons (Fsp3) is 0.500. The third-order valence-corrected chi connectivity index (χ3v) is 3.59. The van der Waals surface area contributed by atoms with E-state index in [1.807, 2.05) is 6.07 Å². The third kappa shape index (κ3) is 3.43. The summed E-state index contributed by atoms with van der Waals surface area (Å²) in [5, 5.41) is 0. The van der Waals surface area contributed by atoms with Gasteiger partial charge in [0.2, 0.25) is 0 Å². The molecule has 0 bridgehead atoms. The van der Waals surface area contributed by atoms with Crippen LogP contribution in [0.25, 0.3) is 0 Å². The minimum atomic E-state index is -0.144. The summed E-state index contributed by atoms with van der Waals surface area (Å²) in [5.74, 6) is 0.949. The zero-order valence-corrected chi connectivity index (χ0v) is 11.9. The second-order valence-corrected chi connectivity index (χ2v) is 5.36. The molecule has 0 unspecified atom stereocenters. The maximum Gasteiger partial charge on any atom is 0.122 e. The van der Waals surface area contributed by atoms with Gasteiger partial charge in [0.05, 0.1) is 12.1 Å². The van der Waals surface area contributed by atoms with E-state index in [1.54, 1.807) is 7.11 Å². The molecule has 0 aliphatic carbocycles. The monoisotopic (exact) mass is 251 g/mol. The first-order valence-corrected chi connectivity index (χ1v) is 6.27. The van der Waals surface area contributed by atoms with Crippen LogP contribution < -0.4 is 10.5 Å². The summed E-state index contributed by atoms with van der Waals surface area (Å²) in [5.41, 5.74) is 8.08. The van der Waals surface area contributed by atoms with Gasteiger partial charge in [-0.1, -0.05) is 45.1 Å². The summed E-state index contributed by atoms with van der Waals surface area (Å²) in [6, 6.07) is 6.28. The number of rotatable bonds is 5. The molecule has 1 aromatic rings. The molecule has 1 rings (SSSR count). The highest BCUT2D eigenvalue weighted by molar-refractivity contribution is 7.80. The van der Waals surface area contributed by atoms with Crippen molar-refractivity contribution in [2.24, 2.45) is 11.1 Å². The summed E-state index contributed by atoms with van der Waals surface area (Å²) >= 11 is 5.09. The van der Waals surface area contributed by atoms with Gasteiger partial charge in [0, 0.05) is 5.41 Å². The van der Waals surface area contributed by atoms with Gasteiger partial charge >= 0.3 is 0 Å². The lowest BCUT2D eigenvalue weighted by molar-refractivity contribution is 0.409. The number of ether oxygens (including phenoxy) is 1. The normalized spacial score (nSPS) is 11.3. The Hall–Kier alpha value is -1.09.